The summed E-state index contributed by atoms with van der Waals surface area (Å²) in [5.74, 6) is 1.28. The van der Waals surface area contributed by atoms with Crippen LogP contribution < -0.4 is 14.8 Å². The Hall–Kier alpha value is -2.86. The molecule has 146 valence electrons. The van der Waals surface area contributed by atoms with E-state index in [4.69, 9.17) is 9.47 Å². The maximum Gasteiger partial charge on any atom is 0.226 e. The summed E-state index contributed by atoms with van der Waals surface area (Å²) in [6, 6.07) is 12.0. The maximum atomic E-state index is 12.3. The molecule has 0 unspecified atom stereocenters. The molecule has 0 radical (unpaired) electrons. The second-order valence-corrected chi connectivity index (χ2v) is 7.45. The number of nitrogens with zero attached hydrogens (tertiary/aromatic N) is 1. The third-order valence-corrected chi connectivity index (χ3v) is 5.25. The molecule has 0 saturated carbocycles. The van der Waals surface area contributed by atoms with Crippen LogP contribution in [0.15, 0.2) is 41.8 Å². The fraction of sp³-hybridized carbons (Fsp3) is 0.273. The molecule has 0 aliphatic rings. The van der Waals surface area contributed by atoms with Crippen molar-refractivity contribution in [1.82, 2.24) is 4.98 Å². The van der Waals surface area contributed by atoms with Gasteiger partial charge in [0.15, 0.2) is 16.6 Å². The third-order valence-electron chi connectivity index (χ3n) is 4.50. The third kappa shape index (κ3) is 4.70. The maximum absolute atomic E-state index is 12.3. The van der Waals surface area contributed by atoms with E-state index in [2.05, 4.69) is 42.3 Å². The number of carbonyl (C=O) groups excluding carboxylic acids is 1. The van der Waals surface area contributed by atoms with E-state index in [9.17, 15) is 4.79 Å². The predicted molar refractivity (Wildman–Crippen MR) is 114 cm³/mol. The van der Waals surface area contributed by atoms with Crippen LogP contribution in [0.3, 0.4) is 0 Å². The zero-order valence-corrected chi connectivity index (χ0v) is 17.4. The van der Waals surface area contributed by atoms with Gasteiger partial charge in [0.1, 0.15) is 0 Å². The highest BCUT2D eigenvalue weighted by Gasteiger charge is 2.11. The van der Waals surface area contributed by atoms with Gasteiger partial charge in [-0.25, -0.2) is 4.98 Å². The van der Waals surface area contributed by atoms with Gasteiger partial charge in [0.05, 0.1) is 19.9 Å². The van der Waals surface area contributed by atoms with Gasteiger partial charge in [-0.3, -0.25) is 4.79 Å². The summed E-state index contributed by atoms with van der Waals surface area (Å²) >= 11 is 1.44. The Morgan fingerprint density at radius 1 is 1.07 bits per heavy atom. The molecule has 1 heterocycles. The van der Waals surface area contributed by atoms with E-state index in [0.717, 1.165) is 16.8 Å². The van der Waals surface area contributed by atoms with Gasteiger partial charge in [-0.15, -0.1) is 11.3 Å². The standard InChI is InChI=1S/C22H24N2O3S/c1-14-5-8-17(15(2)11-14)18-13-28-22(23-18)24-21(25)10-7-16-6-9-19(26-3)20(12-16)27-4/h5-6,8-9,11-13H,7,10H2,1-4H3,(H,23,24,25). The molecule has 0 aliphatic heterocycles. The molecule has 0 atom stereocenters. The number of carbonyl (C=O) groups is 1. The Kier molecular flexibility index (Phi) is 6.31. The average molecular weight is 397 g/mol. The van der Waals surface area contributed by atoms with Crippen LogP contribution in [0.2, 0.25) is 0 Å². The number of hydrogen-bond acceptors (Lipinski definition) is 5. The van der Waals surface area contributed by atoms with Crippen LogP contribution in [0.25, 0.3) is 11.3 Å². The lowest BCUT2D eigenvalue weighted by atomic mass is 10.0. The van der Waals surface area contributed by atoms with Crippen molar-refractivity contribution in [2.75, 3.05) is 19.5 Å². The molecule has 1 aromatic heterocycles. The molecule has 0 spiro atoms. The van der Waals surface area contributed by atoms with Crippen LogP contribution in [0.1, 0.15) is 23.1 Å². The first-order valence-corrected chi connectivity index (χ1v) is 9.92. The molecular formula is C22H24N2O3S. The molecule has 0 bridgehead atoms. The highest BCUT2D eigenvalue weighted by molar-refractivity contribution is 7.14. The molecule has 1 amide bonds. The van der Waals surface area contributed by atoms with E-state index in [1.165, 1.54) is 22.5 Å². The molecule has 6 heteroatoms. The van der Waals surface area contributed by atoms with E-state index in [1.54, 1.807) is 14.2 Å². The second kappa shape index (κ2) is 8.89. The molecule has 28 heavy (non-hydrogen) atoms. The summed E-state index contributed by atoms with van der Waals surface area (Å²) in [6.07, 6.45) is 0.982. The Balaban J connectivity index is 1.61. The van der Waals surface area contributed by atoms with E-state index in [1.807, 2.05) is 23.6 Å². The molecule has 5 nitrogen and oxygen atoms in total. The fourth-order valence-electron chi connectivity index (χ4n) is 3.03. The fourth-order valence-corrected chi connectivity index (χ4v) is 3.76. The van der Waals surface area contributed by atoms with E-state index < -0.39 is 0 Å². The number of nitrogens with one attached hydrogen (secondary N) is 1. The number of methoxy groups -OCH3 is 2. The molecule has 3 rings (SSSR count). The van der Waals surface area contributed by atoms with Gasteiger partial charge in [-0.1, -0.05) is 29.8 Å². The summed E-state index contributed by atoms with van der Waals surface area (Å²) < 4.78 is 10.5. The average Bonchev–Trinajstić information content (AvgIpc) is 3.14. The van der Waals surface area contributed by atoms with Crippen molar-refractivity contribution in [2.24, 2.45) is 0 Å². The Morgan fingerprint density at radius 3 is 2.57 bits per heavy atom. The number of aryl methyl sites for hydroxylation is 3. The van der Waals surface area contributed by atoms with Crippen LogP contribution >= 0.6 is 11.3 Å². The lowest BCUT2D eigenvalue weighted by Crippen LogP contribution is -2.12. The van der Waals surface area contributed by atoms with Crippen LogP contribution in [-0.4, -0.2) is 25.1 Å². The first kappa shape index (κ1) is 19.9. The number of thiazole rings is 1. The van der Waals surface area contributed by atoms with Crippen molar-refractivity contribution in [3.8, 4) is 22.8 Å². The number of benzene rings is 2. The summed E-state index contributed by atoms with van der Waals surface area (Å²) in [7, 11) is 3.20. The topological polar surface area (TPSA) is 60.5 Å². The first-order valence-electron chi connectivity index (χ1n) is 9.04. The monoisotopic (exact) mass is 396 g/mol. The minimum atomic E-state index is -0.0590. The highest BCUT2D eigenvalue weighted by Crippen LogP contribution is 2.29. The summed E-state index contributed by atoms with van der Waals surface area (Å²) in [4.78, 5) is 16.9. The van der Waals surface area contributed by atoms with E-state index >= 15 is 0 Å². The highest BCUT2D eigenvalue weighted by atomic mass is 32.1. The van der Waals surface area contributed by atoms with Crippen molar-refractivity contribution in [2.45, 2.75) is 26.7 Å². The normalized spacial score (nSPS) is 10.6. The minimum absolute atomic E-state index is 0.0590. The van der Waals surface area contributed by atoms with Gasteiger partial charge in [-0.05, 0) is 43.5 Å². The van der Waals surface area contributed by atoms with Gasteiger partial charge < -0.3 is 14.8 Å². The van der Waals surface area contributed by atoms with Crippen molar-refractivity contribution < 1.29 is 14.3 Å². The van der Waals surface area contributed by atoms with Crippen LogP contribution in [0, 0.1) is 13.8 Å². The number of amides is 1. The lowest BCUT2D eigenvalue weighted by molar-refractivity contribution is -0.116. The number of hydrogen-bond donors (Lipinski definition) is 1. The number of anilines is 1. The first-order chi connectivity index (χ1) is 13.5. The molecule has 0 saturated heterocycles. The zero-order valence-electron chi connectivity index (χ0n) is 16.5. The van der Waals surface area contributed by atoms with Crippen molar-refractivity contribution in [1.29, 1.82) is 0 Å². The molecule has 0 aliphatic carbocycles. The molecule has 0 fully saturated rings. The summed E-state index contributed by atoms with van der Waals surface area (Å²) in [5.41, 5.74) is 5.39. The summed E-state index contributed by atoms with van der Waals surface area (Å²) in [5, 5.41) is 5.49. The van der Waals surface area contributed by atoms with Crippen molar-refractivity contribution in [3.05, 3.63) is 58.5 Å². The number of aromatic nitrogens is 1. The quantitative estimate of drug-likeness (QED) is 0.609. The van der Waals surface area contributed by atoms with E-state index in [-0.39, 0.29) is 5.91 Å². The van der Waals surface area contributed by atoms with Crippen molar-refractivity contribution >= 4 is 22.4 Å². The van der Waals surface area contributed by atoms with Crippen molar-refractivity contribution in [3.63, 3.8) is 0 Å². The molecule has 3 aromatic rings. The van der Waals surface area contributed by atoms with Crippen LogP contribution in [0.4, 0.5) is 5.13 Å². The van der Waals surface area contributed by atoms with E-state index in [0.29, 0.717) is 29.5 Å². The van der Waals surface area contributed by atoms with Crippen LogP contribution in [-0.2, 0) is 11.2 Å². The van der Waals surface area contributed by atoms with Gasteiger partial charge >= 0.3 is 0 Å². The SMILES string of the molecule is COc1ccc(CCC(=O)Nc2nc(-c3ccc(C)cc3C)cs2)cc1OC. The molecular weight excluding hydrogens is 372 g/mol. The molecule has 1 N–H and O–H groups in total. The smallest absolute Gasteiger partial charge is 0.226 e. The second-order valence-electron chi connectivity index (χ2n) is 6.59. The predicted octanol–water partition coefficient (Wildman–Crippen LogP) is 5.02. The number of ether oxygens (including phenoxy) is 2. The Morgan fingerprint density at radius 2 is 1.86 bits per heavy atom. The Bertz CT molecular complexity index is 982. The summed E-state index contributed by atoms with van der Waals surface area (Å²) in [6.45, 7) is 4.14. The Labute approximate surface area is 169 Å². The van der Waals surface area contributed by atoms with Gasteiger partial charge in [0.25, 0.3) is 0 Å². The largest absolute Gasteiger partial charge is 0.493 e. The lowest BCUT2D eigenvalue weighted by Gasteiger charge is -2.09. The zero-order chi connectivity index (χ0) is 20.1. The molecule has 2 aromatic carbocycles. The number of rotatable bonds is 7. The van der Waals surface area contributed by atoms with Gasteiger partial charge in [-0.2, -0.15) is 0 Å². The minimum Gasteiger partial charge on any atom is -0.493 e. The van der Waals surface area contributed by atoms with Gasteiger partial charge in [0.2, 0.25) is 5.91 Å². The van der Waals surface area contributed by atoms with Gasteiger partial charge in [0, 0.05) is 17.4 Å². The van der Waals surface area contributed by atoms with Crippen LogP contribution in [0.5, 0.6) is 11.5 Å².